The maximum Gasteiger partial charge on any atom is 0.225 e. The Morgan fingerprint density at radius 3 is 2.76 bits per heavy atom. The van der Waals surface area contributed by atoms with Crippen LogP contribution in [0.2, 0.25) is 0 Å². The summed E-state index contributed by atoms with van der Waals surface area (Å²) < 4.78 is 0.384. The molecule has 3 N–H and O–H groups in total. The molecule has 0 saturated carbocycles. The number of H-pyrrole nitrogens is 2. The van der Waals surface area contributed by atoms with Crippen molar-refractivity contribution in [2.24, 2.45) is 0 Å². The van der Waals surface area contributed by atoms with Crippen LogP contribution in [0.3, 0.4) is 0 Å². The van der Waals surface area contributed by atoms with Crippen molar-refractivity contribution in [3.05, 3.63) is 44.0 Å². The van der Waals surface area contributed by atoms with Gasteiger partial charge in [-0.3, -0.25) is 14.7 Å². The zero-order valence-electron chi connectivity index (χ0n) is 12.1. The fraction of sp³-hybridized carbons (Fsp3) is 0.357. The third kappa shape index (κ3) is 3.41. The number of aromatic nitrogens is 3. The lowest BCUT2D eigenvalue weighted by Gasteiger charge is -2.12. The first kappa shape index (κ1) is 15.5. The molecule has 0 aromatic carbocycles. The van der Waals surface area contributed by atoms with Crippen LogP contribution in [0, 0.1) is 13.8 Å². The van der Waals surface area contributed by atoms with Gasteiger partial charge in [-0.15, -0.1) is 0 Å². The van der Waals surface area contributed by atoms with Gasteiger partial charge in [-0.2, -0.15) is 5.10 Å². The third-order valence-electron chi connectivity index (χ3n) is 3.34. The van der Waals surface area contributed by atoms with E-state index < -0.39 is 0 Å². The number of aromatic amines is 2. The molecular weight excluding hydrogens is 336 g/mol. The molecule has 112 valence electrons. The van der Waals surface area contributed by atoms with Crippen LogP contribution in [0.4, 0.5) is 5.69 Å². The summed E-state index contributed by atoms with van der Waals surface area (Å²) in [5.41, 5.74) is 2.90. The number of carbonyl (C=O) groups excluding carboxylic acids is 1. The summed E-state index contributed by atoms with van der Waals surface area (Å²) in [5, 5.41) is 9.69. The molecule has 0 saturated heterocycles. The van der Waals surface area contributed by atoms with Crippen molar-refractivity contribution in [1.82, 2.24) is 15.2 Å². The van der Waals surface area contributed by atoms with Crippen molar-refractivity contribution < 1.29 is 4.79 Å². The lowest BCUT2D eigenvalue weighted by atomic mass is 9.95. The summed E-state index contributed by atoms with van der Waals surface area (Å²) in [6, 6.07) is 0. The topological polar surface area (TPSA) is 90.6 Å². The van der Waals surface area contributed by atoms with Gasteiger partial charge in [0.05, 0.1) is 10.2 Å². The summed E-state index contributed by atoms with van der Waals surface area (Å²) in [4.78, 5) is 26.7. The monoisotopic (exact) mass is 352 g/mol. The number of hydrogen-bond donors (Lipinski definition) is 3. The van der Waals surface area contributed by atoms with Crippen LogP contribution in [0.15, 0.2) is 21.7 Å². The Balaban J connectivity index is 2.09. The van der Waals surface area contributed by atoms with Gasteiger partial charge in [0.2, 0.25) is 11.3 Å². The molecular formula is C14H17BrN4O2. The minimum absolute atomic E-state index is 0.0231. The molecule has 0 radical (unpaired) electrons. The number of aryl methyl sites for hydroxylation is 2. The van der Waals surface area contributed by atoms with E-state index in [-0.39, 0.29) is 29.4 Å². The fourth-order valence-corrected chi connectivity index (χ4v) is 2.76. The third-order valence-corrected chi connectivity index (χ3v) is 3.93. The van der Waals surface area contributed by atoms with Crippen molar-refractivity contribution in [2.45, 2.75) is 33.1 Å². The van der Waals surface area contributed by atoms with Gasteiger partial charge >= 0.3 is 0 Å². The van der Waals surface area contributed by atoms with E-state index in [0.29, 0.717) is 4.47 Å². The van der Waals surface area contributed by atoms with Crippen molar-refractivity contribution in [2.75, 3.05) is 5.32 Å². The average Bonchev–Trinajstić information content (AvgIpc) is 2.74. The van der Waals surface area contributed by atoms with E-state index in [1.165, 1.54) is 12.4 Å². The molecule has 2 heterocycles. The molecule has 0 aliphatic heterocycles. The number of nitrogens with zero attached hydrogens (tertiary/aromatic N) is 1. The Morgan fingerprint density at radius 2 is 2.14 bits per heavy atom. The summed E-state index contributed by atoms with van der Waals surface area (Å²) in [7, 11) is 0. The number of anilines is 1. The molecule has 0 bridgehead atoms. The zero-order chi connectivity index (χ0) is 15.6. The second-order valence-electron chi connectivity index (χ2n) is 5.05. The van der Waals surface area contributed by atoms with E-state index in [1.807, 2.05) is 20.8 Å². The van der Waals surface area contributed by atoms with Crippen molar-refractivity contribution >= 4 is 27.5 Å². The van der Waals surface area contributed by atoms with Crippen LogP contribution in [0.25, 0.3) is 0 Å². The fourth-order valence-electron chi connectivity index (χ4n) is 2.42. The molecule has 2 aromatic heterocycles. The zero-order valence-corrected chi connectivity index (χ0v) is 13.7. The van der Waals surface area contributed by atoms with E-state index in [2.05, 4.69) is 36.4 Å². The number of hydrogen-bond acceptors (Lipinski definition) is 3. The molecule has 6 nitrogen and oxygen atoms in total. The molecule has 0 aliphatic rings. The molecule has 0 spiro atoms. The van der Waals surface area contributed by atoms with Crippen molar-refractivity contribution in [3.63, 3.8) is 0 Å². The summed E-state index contributed by atoms with van der Waals surface area (Å²) >= 11 is 3.13. The number of nitrogens with one attached hydrogen (secondary N) is 3. The molecule has 2 aromatic rings. The van der Waals surface area contributed by atoms with Gasteiger partial charge in [0.15, 0.2) is 0 Å². The number of amides is 1. The molecule has 7 heteroatoms. The molecule has 2 rings (SSSR count). The molecule has 0 fully saturated rings. The van der Waals surface area contributed by atoms with Crippen molar-refractivity contribution in [1.29, 1.82) is 0 Å². The highest BCUT2D eigenvalue weighted by Crippen LogP contribution is 2.24. The van der Waals surface area contributed by atoms with Gasteiger partial charge < -0.3 is 10.3 Å². The Labute approximate surface area is 130 Å². The Kier molecular flexibility index (Phi) is 4.62. The normalized spacial score (nSPS) is 12.2. The van der Waals surface area contributed by atoms with Gasteiger partial charge in [0, 0.05) is 24.5 Å². The second-order valence-corrected chi connectivity index (χ2v) is 5.90. The number of halogens is 1. The number of carbonyl (C=O) groups is 1. The van der Waals surface area contributed by atoms with Crippen LogP contribution in [-0.2, 0) is 4.79 Å². The standard InChI is InChI=1S/C14H17BrN4O2/c1-7(13-8(2)18-19-9(13)3)4-12(20)17-11-6-16-5-10(15)14(11)21/h5-7H,4H2,1-3H3,(H,16,21)(H,17,20)(H,18,19). The summed E-state index contributed by atoms with van der Waals surface area (Å²) in [6.45, 7) is 5.81. The smallest absolute Gasteiger partial charge is 0.225 e. The number of rotatable bonds is 4. The predicted molar refractivity (Wildman–Crippen MR) is 84.5 cm³/mol. The highest BCUT2D eigenvalue weighted by atomic mass is 79.9. The van der Waals surface area contributed by atoms with Crippen LogP contribution in [0.5, 0.6) is 0 Å². The lowest BCUT2D eigenvalue weighted by molar-refractivity contribution is -0.116. The summed E-state index contributed by atoms with van der Waals surface area (Å²) in [6.07, 6.45) is 3.29. The highest BCUT2D eigenvalue weighted by Gasteiger charge is 2.18. The Hall–Kier alpha value is -1.89. The first-order valence-corrected chi connectivity index (χ1v) is 7.37. The first-order valence-electron chi connectivity index (χ1n) is 6.58. The second kappa shape index (κ2) is 6.26. The van der Waals surface area contributed by atoms with Crippen molar-refractivity contribution in [3.8, 4) is 0 Å². The quantitative estimate of drug-likeness (QED) is 0.789. The van der Waals surface area contributed by atoms with Crippen LogP contribution < -0.4 is 10.7 Å². The molecule has 21 heavy (non-hydrogen) atoms. The van der Waals surface area contributed by atoms with Gasteiger partial charge in [-0.05, 0) is 41.3 Å². The molecule has 0 aliphatic carbocycles. The van der Waals surface area contributed by atoms with Gasteiger partial charge in [0.1, 0.15) is 5.69 Å². The molecule has 1 atom stereocenters. The maximum absolute atomic E-state index is 12.1. The van der Waals surface area contributed by atoms with E-state index in [1.54, 1.807) is 0 Å². The highest BCUT2D eigenvalue weighted by molar-refractivity contribution is 9.10. The predicted octanol–water partition coefficient (Wildman–Crippen LogP) is 2.61. The summed E-state index contributed by atoms with van der Waals surface area (Å²) in [5.74, 6) is -0.180. The van der Waals surface area contributed by atoms with Crippen LogP contribution in [-0.4, -0.2) is 21.1 Å². The lowest BCUT2D eigenvalue weighted by Crippen LogP contribution is -2.20. The maximum atomic E-state index is 12.1. The van der Waals surface area contributed by atoms with E-state index in [4.69, 9.17) is 0 Å². The minimum atomic E-state index is -0.245. The number of pyridine rings is 1. The van der Waals surface area contributed by atoms with Crippen LogP contribution in [0.1, 0.15) is 36.2 Å². The SMILES string of the molecule is Cc1n[nH]c(C)c1C(C)CC(=O)Nc1c[nH]cc(Br)c1=O. The Morgan fingerprint density at radius 1 is 1.43 bits per heavy atom. The van der Waals surface area contributed by atoms with Crippen LogP contribution >= 0.6 is 15.9 Å². The van der Waals surface area contributed by atoms with E-state index in [9.17, 15) is 9.59 Å². The van der Waals surface area contributed by atoms with Gasteiger partial charge in [-0.1, -0.05) is 6.92 Å². The van der Waals surface area contributed by atoms with E-state index >= 15 is 0 Å². The van der Waals surface area contributed by atoms with E-state index in [0.717, 1.165) is 17.0 Å². The van der Waals surface area contributed by atoms with Gasteiger partial charge in [0.25, 0.3) is 0 Å². The Bertz CT molecular complexity index is 701. The molecule has 1 amide bonds. The van der Waals surface area contributed by atoms with Gasteiger partial charge in [-0.25, -0.2) is 0 Å². The molecule has 1 unspecified atom stereocenters. The minimum Gasteiger partial charge on any atom is -0.365 e. The average molecular weight is 353 g/mol. The largest absolute Gasteiger partial charge is 0.365 e. The first-order chi connectivity index (χ1) is 9.90.